The first-order chi connectivity index (χ1) is 19.2. The number of nitrogens with zero attached hydrogens (tertiary/aromatic N) is 6. The van der Waals surface area contributed by atoms with Gasteiger partial charge < -0.3 is 19.8 Å². The summed E-state index contributed by atoms with van der Waals surface area (Å²) in [5.74, 6) is -1.30. The van der Waals surface area contributed by atoms with Crippen LogP contribution in [-0.2, 0) is 4.79 Å². The number of phenolic OH excluding ortho intramolecular Hbond substituents is 1. The van der Waals surface area contributed by atoms with Gasteiger partial charge in [0.05, 0.1) is 10.6 Å². The van der Waals surface area contributed by atoms with Crippen molar-refractivity contribution in [1.29, 1.82) is 0 Å². The molecule has 0 bridgehead atoms. The highest BCUT2D eigenvalue weighted by atomic mass is 35.5. The van der Waals surface area contributed by atoms with Crippen LogP contribution in [0.25, 0.3) is 22.0 Å². The summed E-state index contributed by atoms with van der Waals surface area (Å²) in [4.78, 5) is 30.0. The van der Waals surface area contributed by atoms with Gasteiger partial charge in [-0.3, -0.25) is 9.69 Å². The Labute approximate surface area is 236 Å². The van der Waals surface area contributed by atoms with E-state index < -0.39 is 17.4 Å². The van der Waals surface area contributed by atoms with Crippen LogP contribution in [0, 0.1) is 11.6 Å². The number of anilines is 2. The largest absolute Gasteiger partial charge is 0.507 e. The van der Waals surface area contributed by atoms with Crippen molar-refractivity contribution in [3.8, 4) is 16.9 Å². The van der Waals surface area contributed by atoms with Gasteiger partial charge in [-0.05, 0) is 51.1 Å². The van der Waals surface area contributed by atoms with Crippen molar-refractivity contribution in [1.82, 2.24) is 19.8 Å². The van der Waals surface area contributed by atoms with Gasteiger partial charge in [0.15, 0.2) is 5.82 Å². The monoisotopic (exact) mass is 568 g/mol. The Kier molecular flexibility index (Phi) is 6.78. The van der Waals surface area contributed by atoms with Crippen LogP contribution < -0.4 is 9.80 Å². The van der Waals surface area contributed by atoms with Gasteiger partial charge in [0, 0.05) is 61.8 Å². The number of halogens is 3. The fraction of sp³-hybridized carbons (Fsp3) is 0.414. The summed E-state index contributed by atoms with van der Waals surface area (Å²) >= 11 is 6.57. The molecule has 40 heavy (non-hydrogen) atoms. The van der Waals surface area contributed by atoms with Gasteiger partial charge in [0.1, 0.15) is 22.9 Å². The average molecular weight is 569 g/mol. The molecule has 1 amide bonds. The fourth-order valence-corrected chi connectivity index (χ4v) is 6.08. The maximum Gasteiger partial charge on any atom is 0.246 e. The SMILES string of the molecule is C=CC(=O)N1CCN(c2nc(N3CC(N(C)C4CC4)C3)nc3c(F)c(-c4c(O)cccc4F)c(Cl)cc23)CC1C. The van der Waals surface area contributed by atoms with Crippen LogP contribution >= 0.6 is 11.6 Å². The molecule has 1 saturated carbocycles. The van der Waals surface area contributed by atoms with Crippen molar-refractivity contribution in [2.24, 2.45) is 0 Å². The molecule has 1 N–H and O–H groups in total. The second-order valence-electron chi connectivity index (χ2n) is 10.9. The average Bonchev–Trinajstić information content (AvgIpc) is 3.74. The van der Waals surface area contributed by atoms with Crippen LogP contribution in [0.4, 0.5) is 20.5 Å². The van der Waals surface area contributed by atoms with Crippen molar-refractivity contribution in [3.05, 3.63) is 53.6 Å². The first-order valence-corrected chi connectivity index (χ1v) is 13.9. The van der Waals surface area contributed by atoms with E-state index in [-0.39, 0.29) is 33.6 Å². The standard InChI is InChI=1S/C29H31ClF2N6O2/c1-4-23(40)38-11-10-36(13-16(38)2)28-19-12-20(30)24(25-21(31)6-5-7-22(25)39)26(32)27(19)33-29(34-28)37-14-18(15-37)35(3)17-8-9-17/h4-7,12,16-18,39H,1,8-11,13-15H2,2-3H3. The fourth-order valence-electron chi connectivity index (χ4n) is 5.79. The number of likely N-dealkylation sites (N-methyl/N-ethyl adjacent to an activating group) is 1. The van der Waals surface area contributed by atoms with Gasteiger partial charge in [-0.25, -0.2) is 13.8 Å². The Hall–Kier alpha value is -3.50. The second-order valence-corrected chi connectivity index (χ2v) is 11.3. The zero-order valence-corrected chi connectivity index (χ0v) is 23.2. The molecule has 1 atom stereocenters. The third-order valence-corrected chi connectivity index (χ3v) is 8.62. The highest BCUT2D eigenvalue weighted by Gasteiger charge is 2.39. The van der Waals surface area contributed by atoms with E-state index >= 15 is 4.39 Å². The van der Waals surface area contributed by atoms with Crippen LogP contribution in [0.15, 0.2) is 36.9 Å². The van der Waals surface area contributed by atoms with E-state index in [4.69, 9.17) is 16.6 Å². The molecule has 0 spiro atoms. The molecule has 1 unspecified atom stereocenters. The molecule has 6 rings (SSSR count). The normalized spacial score (nSPS) is 19.9. The molecule has 1 aromatic heterocycles. The van der Waals surface area contributed by atoms with Crippen molar-refractivity contribution in [3.63, 3.8) is 0 Å². The Balaban J connectivity index is 1.45. The van der Waals surface area contributed by atoms with E-state index in [0.717, 1.165) is 6.07 Å². The van der Waals surface area contributed by atoms with Gasteiger partial charge in [-0.15, -0.1) is 0 Å². The number of aromatic nitrogens is 2. The van der Waals surface area contributed by atoms with Gasteiger partial charge in [0.25, 0.3) is 0 Å². The summed E-state index contributed by atoms with van der Waals surface area (Å²) in [5.41, 5.74) is -0.558. The quantitative estimate of drug-likeness (QED) is 0.441. The number of fused-ring (bicyclic) bond motifs is 1. The number of amides is 1. The first kappa shape index (κ1) is 26.7. The predicted octanol–water partition coefficient (Wildman–Crippen LogP) is 4.44. The van der Waals surface area contributed by atoms with E-state index in [1.165, 1.54) is 37.1 Å². The molecule has 11 heteroatoms. The number of benzene rings is 2. The summed E-state index contributed by atoms with van der Waals surface area (Å²) in [7, 11) is 2.13. The number of rotatable bonds is 6. The predicted molar refractivity (Wildman–Crippen MR) is 152 cm³/mol. The highest BCUT2D eigenvalue weighted by Crippen LogP contribution is 2.43. The number of hydrogen-bond acceptors (Lipinski definition) is 7. The molecule has 3 aromatic rings. The van der Waals surface area contributed by atoms with Crippen molar-refractivity contribution < 1.29 is 18.7 Å². The van der Waals surface area contributed by atoms with E-state index in [2.05, 4.69) is 23.5 Å². The van der Waals surface area contributed by atoms with Crippen LogP contribution in [0.3, 0.4) is 0 Å². The van der Waals surface area contributed by atoms with E-state index in [9.17, 15) is 14.3 Å². The Morgan fingerprint density at radius 2 is 1.88 bits per heavy atom. The minimum atomic E-state index is -0.825. The Bertz CT molecular complexity index is 1490. The maximum absolute atomic E-state index is 16.3. The van der Waals surface area contributed by atoms with Crippen LogP contribution in [0.2, 0.25) is 5.02 Å². The zero-order chi connectivity index (χ0) is 28.3. The molecule has 3 aliphatic rings. The molecule has 1 aliphatic carbocycles. The lowest BCUT2D eigenvalue weighted by atomic mass is 10.0. The third-order valence-electron chi connectivity index (χ3n) is 8.32. The topological polar surface area (TPSA) is 76.0 Å². The molecule has 3 fully saturated rings. The number of phenols is 1. The number of hydrogen-bond donors (Lipinski definition) is 1. The van der Waals surface area contributed by atoms with Crippen LogP contribution in [0.5, 0.6) is 5.75 Å². The zero-order valence-electron chi connectivity index (χ0n) is 22.4. The lowest BCUT2D eigenvalue weighted by molar-refractivity contribution is -0.128. The minimum absolute atomic E-state index is 0.00157. The van der Waals surface area contributed by atoms with Gasteiger partial charge in [0.2, 0.25) is 11.9 Å². The summed E-state index contributed by atoms with van der Waals surface area (Å²) in [6.07, 6.45) is 3.72. The summed E-state index contributed by atoms with van der Waals surface area (Å²) in [6, 6.07) is 6.16. The Morgan fingerprint density at radius 3 is 2.52 bits per heavy atom. The molecule has 210 valence electrons. The smallest absolute Gasteiger partial charge is 0.246 e. The van der Waals surface area contributed by atoms with E-state index in [1.54, 1.807) is 4.90 Å². The first-order valence-electron chi connectivity index (χ1n) is 13.5. The van der Waals surface area contributed by atoms with Gasteiger partial charge >= 0.3 is 0 Å². The minimum Gasteiger partial charge on any atom is -0.507 e. The molecule has 2 saturated heterocycles. The van der Waals surface area contributed by atoms with Crippen molar-refractivity contribution >= 4 is 40.2 Å². The molecular weight excluding hydrogens is 538 g/mol. The highest BCUT2D eigenvalue weighted by molar-refractivity contribution is 6.34. The van der Waals surface area contributed by atoms with Crippen LogP contribution in [-0.4, -0.2) is 88.7 Å². The molecular formula is C29H31ClF2N6O2. The van der Waals surface area contributed by atoms with E-state index in [0.29, 0.717) is 62.0 Å². The third kappa shape index (κ3) is 4.53. The number of carbonyl (C=O) groups excluding carboxylic acids is 1. The lowest BCUT2D eigenvalue weighted by Gasteiger charge is -2.45. The second kappa shape index (κ2) is 10.2. The number of aromatic hydroxyl groups is 1. The number of carbonyl (C=O) groups is 1. The molecule has 2 aromatic carbocycles. The van der Waals surface area contributed by atoms with Crippen LogP contribution in [0.1, 0.15) is 19.8 Å². The molecule has 8 nitrogen and oxygen atoms in total. The van der Waals surface area contributed by atoms with Crippen molar-refractivity contribution in [2.75, 3.05) is 49.6 Å². The molecule has 3 heterocycles. The molecule has 2 aliphatic heterocycles. The summed E-state index contributed by atoms with van der Waals surface area (Å²) in [6.45, 7) is 8.35. The van der Waals surface area contributed by atoms with E-state index in [1.807, 2.05) is 16.7 Å². The summed E-state index contributed by atoms with van der Waals surface area (Å²) in [5, 5.41) is 10.7. The Morgan fingerprint density at radius 1 is 1.12 bits per heavy atom. The molecule has 0 radical (unpaired) electrons. The van der Waals surface area contributed by atoms with Gasteiger partial charge in [-0.2, -0.15) is 4.98 Å². The number of piperazine rings is 1. The van der Waals surface area contributed by atoms with Gasteiger partial charge in [-0.1, -0.05) is 24.2 Å². The maximum atomic E-state index is 16.3. The summed E-state index contributed by atoms with van der Waals surface area (Å²) < 4.78 is 31.2. The van der Waals surface area contributed by atoms with Crippen molar-refractivity contribution in [2.45, 2.75) is 37.9 Å². The lowest BCUT2D eigenvalue weighted by Crippen LogP contribution is -2.59.